The van der Waals surface area contributed by atoms with Gasteiger partial charge in [0, 0.05) is 35.5 Å². The number of carbonyl (C=O) groups excluding carboxylic acids is 1. The van der Waals surface area contributed by atoms with E-state index in [4.69, 9.17) is 27.2 Å². The molecule has 10 heteroatoms. The molecule has 0 spiro atoms. The quantitative estimate of drug-likeness (QED) is 0.138. The molecule has 3 aliphatic rings. The summed E-state index contributed by atoms with van der Waals surface area (Å²) in [5.74, 6) is 0.598. The molecule has 2 aliphatic heterocycles. The second kappa shape index (κ2) is 12.3. The zero-order valence-corrected chi connectivity index (χ0v) is 30.5. The van der Waals surface area contributed by atoms with Crippen LogP contribution in [-0.2, 0) is 29.2 Å². The molecule has 0 N–H and O–H groups in total. The molecule has 2 fully saturated rings. The third-order valence-corrected chi connectivity index (χ3v) is 11.3. The maximum Gasteiger partial charge on any atom is 0.192 e. The Morgan fingerprint density at radius 1 is 0.927 bits per heavy atom. The summed E-state index contributed by atoms with van der Waals surface area (Å²) >= 11 is 0. The lowest BCUT2D eigenvalue weighted by molar-refractivity contribution is -0.152. The van der Waals surface area contributed by atoms with Crippen molar-refractivity contribution in [3.05, 3.63) is 34.8 Å². The minimum atomic E-state index is -1.95. The number of ether oxygens (including phenoxy) is 2. The van der Waals surface area contributed by atoms with E-state index in [-0.39, 0.29) is 48.3 Å². The van der Waals surface area contributed by atoms with Crippen LogP contribution in [0.4, 0.5) is 0 Å². The highest BCUT2D eigenvalue weighted by molar-refractivity contribution is 6.70. The molecule has 0 amide bonds. The first-order chi connectivity index (χ1) is 18.8. The lowest BCUT2D eigenvalue weighted by Crippen LogP contribution is -2.58. The van der Waals surface area contributed by atoms with E-state index in [9.17, 15) is 4.79 Å². The Bertz CT molecular complexity index is 1110. The maximum atomic E-state index is 13.1. The highest BCUT2D eigenvalue weighted by Crippen LogP contribution is 2.42. The maximum absolute atomic E-state index is 13.1. The fourth-order valence-corrected chi connectivity index (χ4v) is 9.89. The van der Waals surface area contributed by atoms with Gasteiger partial charge < -0.3 is 27.2 Å². The third kappa shape index (κ3) is 8.62. The Labute approximate surface area is 251 Å². The number of rotatable bonds is 12. The summed E-state index contributed by atoms with van der Waals surface area (Å²) in [5.41, 5.74) is 3.60. The molecule has 0 aromatic carbocycles. The molecule has 1 aromatic heterocycles. The molecule has 8 atom stereocenters. The Morgan fingerprint density at radius 3 is 2.15 bits per heavy atom. The molecular formula is C31H54O7Si3. The second-order valence-electron chi connectivity index (χ2n) is 15.5. The van der Waals surface area contributed by atoms with Gasteiger partial charge in [-0.1, -0.05) is 12.5 Å². The molecule has 1 aromatic rings. The fourth-order valence-electron chi connectivity index (χ4n) is 6.32. The summed E-state index contributed by atoms with van der Waals surface area (Å²) in [6, 6.07) is 0. The number of Topliss-reactive ketones (excluding diaryl/α,β-unsaturated/α-hetero) is 1. The van der Waals surface area contributed by atoms with Crippen molar-refractivity contribution in [3.8, 4) is 0 Å². The van der Waals surface area contributed by atoms with E-state index in [1.165, 1.54) is 0 Å². The van der Waals surface area contributed by atoms with E-state index in [0.717, 1.165) is 23.1 Å². The van der Waals surface area contributed by atoms with Gasteiger partial charge in [-0.15, -0.1) is 0 Å². The zero-order valence-electron chi connectivity index (χ0n) is 27.5. The summed E-state index contributed by atoms with van der Waals surface area (Å²) in [6.07, 6.45) is 5.57. The minimum absolute atomic E-state index is 0.0711. The van der Waals surface area contributed by atoms with Gasteiger partial charge in [0.2, 0.25) is 0 Å². The lowest BCUT2D eigenvalue weighted by atomic mass is 9.85. The largest absolute Gasteiger partial charge is 0.472 e. The molecule has 2 saturated heterocycles. The van der Waals surface area contributed by atoms with Crippen molar-refractivity contribution in [1.82, 2.24) is 0 Å². The van der Waals surface area contributed by atoms with E-state index in [2.05, 4.69) is 79.7 Å². The number of allylic oxidation sites excluding steroid dienone is 1. The van der Waals surface area contributed by atoms with Crippen LogP contribution < -0.4 is 0 Å². The van der Waals surface area contributed by atoms with Gasteiger partial charge in [0.1, 0.15) is 6.26 Å². The molecule has 0 saturated carbocycles. The van der Waals surface area contributed by atoms with E-state index in [1.54, 1.807) is 12.5 Å². The van der Waals surface area contributed by atoms with Crippen LogP contribution in [0.15, 0.2) is 28.1 Å². The van der Waals surface area contributed by atoms with E-state index in [0.29, 0.717) is 30.9 Å². The van der Waals surface area contributed by atoms with Crippen molar-refractivity contribution < 1.29 is 32.0 Å². The number of furan rings is 1. The first-order valence-corrected chi connectivity index (χ1v) is 25.6. The molecule has 0 radical (unpaired) electrons. The summed E-state index contributed by atoms with van der Waals surface area (Å²) in [6.45, 7) is 27.3. The monoisotopic (exact) mass is 622 g/mol. The van der Waals surface area contributed by atoms with Crippen LogP contribution in [0, 0.1) is 11.8 Å². The highest BCUT2D eigenvalue weighted by atomic mass is 28.4. The molecule has 232 valence electrons. The Balaban J connectivity index is 1.52. The smallest absolute Gasteiger partial charge is 0.192 e. The number of hydrogen-bond acceptors (Lipinski definition) is 7. The van der Waals surface area contributed by atoms with Crippen molar-refractivity contribution in [2.75, 3.05) is 6.61 Å². The van der Waals surface area contributed by atoms with Gasteiger partial charge in [-0.25, -0.2) is 0 Å². The summed E-state index contributed by atoms with van der Waals surface area (Å²) < 4.78 is 38.5. The van der Waals surface area contributed by atoms with Gasteiger partial charge in [-0.05, 0) is 85.6 Å². The zero-order chi connectivity index (χ0) is 30.5. The number of fused-ring (bicyclic) bond motifs is 1. The lowest BCUT2D eigenvalue weighted by Gasteiger charge is -2.47. The standard InChI is InChI=1S/C31H54O7Si3/c1-19(24-14-22-16-33-18-25(22)28(24)32)13-26-31(38-41(10,11)12)30(37-40(7,8)9)23(17-34-26)15-27-29(35-27)20(2)21(3)36-39(4,5)6/h16,18,20-21,23,26-27,29-31H,13-15,17H2,1-12H3/b24-19+/t20-,21+,23+,26+,27+,29+,30-,31-/m1/s1. The Morgan fingerprint density at radius 2 is 1.56 bits per heavy atom. The van der Waals surface area contributed by atoms with Crippen LogP contribution in [0.2, 0.25) is 58.9 Å². The molecule has 3 heterocycles. The van der Waals surface area contributed by atoms with Crippen LogP contribution in [0.5, 0.6) is 0 Å². The van der Waals surface area contributed by atoms with E-state index in [1.807, 2.05) is 0 Å². The van der Waals surface area contributed by atoms with Gasteiger partial charge in [0.05, 0.1) is 49.0 Å². The van der Waals surface area contributed by atoms with Crippen molar-refractivity contribution in [3.63, 3.8) is 0 Å². The summed E-state index contributed by atoms with van der Waals surface area (Å²) in [4.78, 5) is 13.1. The SMILES string of the molecule is C/C(C[C@@H]1OC[C@H](C[C@@H]2O[C@H]2[C@H](C)[C@H](C)O[Si](C)(C)C)[C@@H](O[Si](C)(C)C)[C@@H]1O[Si](C)(C)C)=C1/Cc2cocc2C1=O. The number of epoxide rings is 1. The third-order valence-electron chi connectivity index (χ3n) is 8.26. The van der Waals surface area contributed by atoms with Gasteiger partial charge in [0.15, 0.2) is 30.7 Å². The first kappa shape index (κ1) is 33.0. The van der Waals surface area contributed by atoms with Crippen LogP contribution in [-0.4, -0.2) is 74.0 Å². The fraction of sp³-hybridized carbons (Fsp3) is 0.774. The predicted molar refractivity (Wildman–Crippen MR) is 170 cm³/mol. The second-order valence-corrected chi connectivity index (χ2v) is 28.9. The summed E-state index contributed by atoms with van der Waals surface area (Å²) in [5, 5.41) is 0. The normalized spacial score (nSPS) is 31.7. The first-order valence-electron chi connectivity index (χ1n) is 15.4. The molecule has 41 heavy (non-hydrogen) atoms. The van der Waals surface area contributed by atoms with Crippen molar-refractivity contribution in [2.24, 2.45) is 11.8 Å². The van der Waals surface area contributed by atoms with Crippen molar-refractivity contribution in [2.45, 2.75) is 136 Å². The van der Waals surface area contributed by atoms with Crippen LogP contribution in [0.3, 0.4) is 0 Å². The molecule has 1 aliphatic carbocycles. The van der Waals surface area contributed by atoms with Gasteiger partial charge >= 0.3 is 0 Å². The average molecular weight is 623 g/mol. The molecule has 7 nitrogen and oxygen atoms in total. The topological polar surface area (TPSA) is 79.7 Å². The molecule has 0 unspecified atom stereocenters. The van der Waals surface area contributed by atoms with Crippen molar-refractivity contribution in [1.29, 1.82) is 0 Å². The van der Waals surface area contributed by atoms with E-state index >= 15 is 0 Å². The predicted octanol–water partition coefficient (Wildman–Crippen LogP) is 7.21. The average Bonchev–Trinajstić information content (AvgIpc) is 3.27. The highest BCUT2D eigenvalue weighted by Gasteiger charge is 2.51. The van der Waals surface area contributed by atoms with Gasteiger partial charge in [-0.2, -0.15) is 0 Å². The summed E-state index contributed by atoms with van der Waals surface area (Å²) in [7, 11) is -5.48. The van der Waals surface area contributed by atoms with Gasteiger partial charge in [-0.3, -0.25) is 4.79 Å². The number of ketones is 1. The minimum Gasteiger partial charge on any atom is -0.472 e. The molecular weight excluding hydrogens is 569 g/mol. The van der Waals surface area contributed by atoms with Crippen LogP contribution in [0.25, 0.3) is 0 Å². The van der Waals surface area contributed by atoms with Crippen LogP contribution in [0.1, 0.15) is 49.5 Å². The van der Waals surface area contributed by atoms with E-state index < -0.39 is 25.0 Å². The van der Waals surface area contributed by atoms with Crippen molar-refractivity contribution >= 4 is 30.7 Å². The Kier molecular flexibility index (Phi) is 9.88. The van der Waals surface area contributed by atoms with Crippen LogP contribution >= 0.6 is 0 Å². The van der Waals surface area contributed by atoms with Gasteiger partial charge in [0.25, 0.3) is 0 Å². The Hall–Kier alpha value is -0.859. The number of carbonyl (C=O) groups is 1. The molecule has 0 bridgehead atoms. The number of hydrogen-bond donors (Lipinski definition) is 0. The molecule has 4 rings (SSSR count).